The van der Waals surface area contributed by atoms with Gasteiger partial charge in [0, 0.05) is 11.3 Å². The Balaban J connectivity index is 1.90. The van der Waals surface area contributed by atoms with Crippen molar-refractivity contribution in [3.8, 4) is 0 Å². The van der Waals surface area contributed by atoms with Crippen LogP contribution in [0.5, 0.6) is 0 Å². The predicted molar refractivity (Wildman–Crippen MR) is 88.1 cm³/mol. The highest BCUT2D eigenvalue weighted by atomic mass is 35.5. The van der Waals surface area contributed by atoms with Crippen LogP contribution in [-0.4, -0.2) is 11.5 Å². The lowest BCUT2D eigenvalue weighted by atomic mass is 10.1. The van der Waals surface area contributed by atoms with Gasteiger partial charge >= 0.3 is 0 Å². The Bertz CT molecular complexity index is 626. The van der Waals surface area contributed by atoms with Crippen molar-refractivity contribution in [3.05, 3.63) is 69.2 Å². The maximum Gasteiger partial charge on any atom is 0.172 e. The number of hydrogen-bond acceptors (Lipinski definition) is 2. The van der Waals surface area contributed by atoms with Crippen LogP contribution in [-0.2, 0) is 5.75 Å². The maximum absolute atomic E-state index is 12.0. The number of benzene rings is 2. The van der Waals surface area contributed by atoms with Gasteiger partial charge in [-0.2, -0.15) is 0 Å². The fraction of sp³-hybridized carbons (Fsp3) is 0.188. The molecule has 4 heteroatoms. The van der Waals surface area contributed by atoms with E-state index in [1.165, 1.54) is 11.1 Å². The summed E-state index contributed by atoms with van der Waals surface area (Å²) in [6.45, 7) is 2.06. The van der Waals surface area contributed by atoms with Gasteiger partial charge in [0.1, 0.15) is 0 Å². The zero-order valence-corrected chi connectivity index (χ0v) is 13.4. The van der Waals surface area contributed by atoms with Crippen molar-refractivity contribution in [3.63, 3.8) is 0 Å². The Hall–Kier alpha value is -0.960. The first-order valence-electron chi connectivity index (χ1n) is 6.18. The zero-order valence-electron chi connectivity index (χ0n) is 11.0. The molecule has 2 aromatic rings. The van der Waals surface area contributed by atoms with E-state index in [0.29, 0.717) is 21.4 Å². The number of aryl methyl sites for hydroxylation is 1. The Kier molecular flexibility index (Phi) is 5.53. The molecule has 0 fully saturated rings. The molecule has 1 nitrogen and oxygen atoms in total. The molecule has 0 radical (unpaired) electrons. The van der Waals surface area contributed by atoms with Gasteiger partial charge in [-0.3, -0.25) is 4.79 Å². The minimum atomic E-state index is 0.0706. The summed E-state index contributed by atoms with van der Waals surface area (Å²) >= 11 is 13.4. The SMILES string of the molecule is Cc1cccc(CSCC(=O)c2ccc(Cl)c(Cl)c2)c1. The predicted octanol–water partition coefficient (Wildman–Crippen LogP) is 5.42. The fourth-order valence-electron chi connectivity index (χ4n) is 1.82. The van der Waals surface area contributed by atoms with Gasteiger partial charge in [-0.1, -0.05) is 53.0 Å². The quantitative estimate of drug-likeness (QED) is 0.683. The molecule has 0 bridgehead atoms. The topological polar surface area (TPSA) is 17.1 Å². The lowest BCUT2D eigenvalue weighted by Gasteiger charge is -2.04. The second kappa shape index (κ2) is 7.16. The fourth-order valence-corrected chi connectivity index (χ4v) is 2.98. The van der Waals surface area contributed by atoms with Crippen LogP contribution in [0.4, 0.5) is 0 Å². The molecule has 0 amide bonds. The molecule has 0 aliphatic carbocycles. The largest absolute Gasteiger partial charge is 0.293 e. The summed E-state index contributed by atoms with van der Waals surface area (Å²) in [5.41, 5.74) is 3.08. The Morgan fingerprint density at radius 3 is 2.60 bits per heavy atom. The average Bonchev–Trinajstić information content (AvgIpc) is 2.42. The normalized spacial score (nSPS) is 10.6. The van der Waals surface area contributed by atoms with Crippen LogP contribution in [0, 0.1) is 6.92 Å². The third-order valence-electron chi connectivity index (χ3n) is 2.83. The average molecular weight is 325 g/mol. The second-order valence-corrected chi connectivity index (χ2v) is 6.33. The molecule has 0 heterocycles. The minimum Gasteiger partial charge on any atom is -0.293 e. The molecule has 2 rings (SSSR count). The van der Waals surface area contributed by atoms with E-state index in [4.69, 9.17) is 23.2 Å². The minimum absolute atomic E-state index is 0.0706. The van der Waals surface area contributed by atoms with Crippen LogP contribution in [0.15, 0.2) is 42.5 Å². The highest BCUT2D eigenvalue weighted by molar-refractivity contribution is 7.99. The number of ketones is 1. The maximum atomic E-state index is 12.0. The van der Waals surface area contributed by atoms with Crippen LogP contribution in [0.2, 0.25) is 10.0 Å². The number of Topliss-reactive ketones (excluding diaryl/α,β-unsaturated/α-hetero) is 1. The molecule has 104 valence electrons. The number of carbonyl (C=O) groups excluding carboxylic acids is 1. The third kappa shape index (κ3) is 4.27. The first-order chi connectivity index (χ1) is 9.56. The van der Waals surface area contributed by atoms with Gasteiger partial charge in [0.05, 0.1) is 15.8 Å². The van der Waals surface area contributed by atoms with Gasteiger partial charge in [0.2, 0.25) is 0 Å². The van der Waals surface area contributed by atoms with Crippen LogP contribution in [0.1, 0.15) is 21.5 Å². The summed E-state index contributed by atoms with van der Waals surface area (Å²) in [6.07, 6.45) is 0. The highest BCUT2D eigenvalue weighted by Crippen LogP contribution is 2.23. The van der Waals surface area contributed by atoms with E-state index in [9.17, 15) is 4.79 Å². The summed E-state index contributed by atoms with van der Waals surface area (Å²) in [5, 5.41) is 0.886. The molecule has 0 saturated heterocycles. The molecule has 20 heavy (non-hydrogen) atoms. The van der Waals surface area contributed by atoms with Crippen molar-refractivity contribution in [1.82, 2.24) is 0 Å². The van der Waals surface area contributed by atoms with Crippen LogP contribution < -0.4 is 0 Å². The van der Waals surface area contributed by atoms with Crippen molar-refractivity contribution < 1.29 is 4.79 Å². The van der Waals surface area contributed by atoms with E-state index in [0.717, 1.165) is 5.75 Å². The molecular formula is C16H14Cl2OS. The molecule has 0 aromatic heterocycles. The van der Waals surface area contributed by atoms with Gasteiger partial charge in [0.15, 0.2) is 5.78 Å². The van der Waals surface area contributed by atoms with E-state index < -0.39 is 0 Å². The van der Waals surface area contributed by atoms with E-state index in [2.05, 4.69) is 25.1 Å². The Morgan fingerprint density at radius 2 is 1.90 bits per heavy atom. The number of carbonyl (C=O) groups is 1. The molecule has 0 atom stereocenters. The van der Waals surface area contributed by atoms with Gasteiger partial charge in [-0.25, -0.2) is 0 Å². The van der Waals surface area contributed by atoms with Crippen LogP contribution in [0.3, 0.4) is 0 Å². The highest BCUT2D eigenvalue weighted by Gasteiger charge is 2.08. The van der Waals surface area contributed by atoms with E-state index in [-0.39, 0.29) is 5.78 Å². The van der Waals surface area contributed by atoms with Crippen molar-refractivity contribution in [2.24, 2.45) is 0 Å². The van der Waals surface area contributed by atoms with Crippen LogP contribution >= 0.6 is 35.0 Å². The monoisotopic (exact) mass is 324 g/mol. The molecule has 0 aliphatic heterocycles. The van der Waals surface area contributed by atoms with Gasteiger partial charge < -0.3 is 0 Å². The summed E-state index contributed by atoms with van der Waals surface area (Å²) in [5.74, 6) is 1.34. The Labute approximate surface area is 133 Å². The summed E-state index contributed by atoms with van der Waals surface area (Å²) < 4.78 is 0. The molecule has 2 aromatic carbocycles. The number of rotatable bonds is 5. The van der Waals surface area contributed by atoms with Gasteiger partial charge in [-0.05, 0) is 30.7 Å². The molecule has 0 spiro atoms. The number of halogens is 2. The number of thioether (sulfide) groups is 1. The summed E-state index contributed by atoms with van der Waals surface area (Å²) in [4.78, 5) is 12.0. The van der Waals surface area contributed by atoms with Crippen molar-refractivity contribution in [2.75, 3.05) is 5.75 Å². The lowest BCUT2D eigenvalue weighted by Crippen LogP contribution is -2.02. The van der Waals surface area contributed by atoms with Crippen molar-refractivity contribution in [2.45, 2.75) is 12.7 Å². The second-order valence-electron chi connectivity index (χ2n) is 4.53. The standard InChI is InChI=1S/C16H14Cl2OS/c1-11-3-2-4-12(7-11)9-20-10-16(19)13-5-6-14(17)15(18)8-13/h2-8H,9-10H2,1H3. The summed E-state index contributed by atoms with van der Waals surface area (Å²) in [6, 6.07) is 13.3. The first kappa shape index (κ1) is 15.4. The van der Waals surface area contributed by atoms with Crippen molar-refractivity contribution in [1.29, 1.82) is 0 Å². The van der Waals surface area contributed by atoms with Gasteiger partial charge in [0.25, 0.3) is 0 Å². The Morgan fingerprint density at radius 1 is 1.10 bits per heavy atom. The molecule has 0 N–H and O–H groups in total. The van der Waals surface area contributed by atoms with E-state index in [1.54, 1.807) is 30.0 Å². The zero-order chi connectivity index (χ0) is 14.5. The van der Waals surface area contributed by atoms with Crippen molar-refractivity contribution >= 4 is 40.7 Å². The molecular weight excluding hydrogens is 311 g/mol. The third-order valence-corrected chi connectivity index (χ3v) is 4.57. The summed E-state index contributed by atoms with van der Waals surface area (Å²) in [7, 11) is 0. The van der Waals surface area contributed by atoms with Crippen LogP contribution in [0.25, 0.3) is 0 Å². The number of hydrogen-bond donors (Lipinski definition) is 0. The van der Waals surface area contributed by atoms with Gasteiger partial charge in [-0.15, -0.1) is 11.8 Å². The lowest BCUT2D eigenvalue weighted by molar-refractivity contribution is 0.102. The molecule has 0 unspecified atom stereocenters. The first-order valence-corrected chi connectivity index (χ1v) is 8.09. The van der Waals surface area contributed by atoms with E-state index in [1.807, 2.05) is 6.07 Å². The molecule has 0 saturated carbocycles. The molecule has 0 aliphatic rings. The smallest absolute Gasteiger partial charge is 0.172 e. The van der Waals surface area contributed by atoms with E-state index >= 15 is 0 Å².